The van der Waals surface area contributed by atoms with Gasteiger partial charge < -0.3 is 15.5 Å². The molecular weight excluding hydrogens is 270 g/mol. The van der Waals surface area contributed by atoms with Gasteiger partial charge in [0, 0.05) is 18.6 Å². The van der Waals surface area contributed by atoms with Crippen LogP contribution in [0.2, 0.25) is 0 Å². The average Bonchev–Trinajstić information content (AvgIpc) is 2.84. The second-order valence-corrected chi connectivity index (χ2v) is 6.52. The van der Waals surface area contributed by atoms with Crippen molar-refractivity contribution in [1.82, 2.24) is 14.9 Å². The highest BCUT2D eigenvalue weighted by molar-refractivity contribution is 7.16. The molecule has 0 atom stereocenters. The van der Waals surface area contributed by atoms with E-state index in [0.29, 0.717) is 5.95 Å². The molecule has 110 valence electrons. The van der Waals surface area contributed by atoms with Gasteiger partial charge in [0.05, 0.1) is 5.39 Å². The highest BCUT2D eigenvalue weighted by Gasteiger charge is 2.21. The molecule has 0 aromatic carbocycles. The molecule has 0 radical (unpaired) electrons. The van der Waals surface area contributed by atoms with Crippen molar-refractivity contribution < 1.29 is 0 Å². The van der Waals surface area contributed by atoms with Crippen LogP contribution in [-0.2, 0) is 0 Å². The summed E-state index contributed by atoms with van der Waals surface area (Å²) in [6, 6.07) is 2.07. The Morgan fingerprint density at radius 1 is 1.25 bits per heavy atom. The molecule has 5 nitrogen and oxygen atoms in total. The first-order valence-electron chi connectivity index (χ1n) is 6.84. The van der Waals surface area contributed by atoms with Crippen LogP contribution in [0.4, 0.5) is 11.8 Å². The number of anilines is 2. The number of hydrogen-bond acceptors (Lipinski definition) is 6. The van der Waals surface area contributed by atoms with Crippen molar-refractivity contribution in [2.24, 2.45) is 0 Å². The van der Waals surface area contributed by atoms with Crippen LogP contribution >= 0.6 is 11.3 Å². The number of fused-ring (bicyclic) bond motifs is 1. The summed E-state index contributed by atoms with van der Waals surface area (Å²) >= 11 is 1.64. The summed E-state index contributed by atoms with van der Waals surface area (Å²) in [6.45, 7) is 8.10. The smallest absolute Gasteiger partial charge is 0.226 e. The van der Waals surface area contributed by atoms with E-state index in [4.69, 9.17) is 0 Å². The fraction of sp³-hybridized carbons (Fsp3) is 0.571. The minimum atomic E-state index is 0.0612. The summed E-state index contributed by atoms with van der Waals surface area (Å²) in [4.78, 5) is 12.3. The van der Waals surface area contributed by atoms with Crippen molar-refractivity contribution in [2.75, 3.05) is 37.8 Å². The zero-order valence-corrected chi connectivity index (χ0v) is 13.6. The van der Waals surface area contributed by atoms with Crippen LogP contribution in [0, 0.1) is 0 Å². The van der Waals surface area contributed by atoms with Crippen molar-refractivity contribution in [3.05, 3.63) is 11.4 Å². The van der Waals surface area contributed by atoms with Crippen molar-refractivity contribution in [3.8, 4) is 0 Å². The van der Waals surface area contributed by atoms with Gasteiger partial charge in [0.2, 0.25) is 5.95 Å². The predicted octanol–water partition coefficient (Wildman–Crippen LogP) is 2.88. The molecule has 2 aromatic rings. The highest BCUT2D eigenvalue weighted by atomic mass is 32.1. The maximum atomic E-state index is 4.58. The van der Waals surface area contributed by atoms with Gasteiger partial charge in [-0.3, -0.25) is 0 Å². The normalized spacial score (nSPS) is 12.1. The Kier molecular flexibility index (Phi) is 4.45. The molecule has 0 saturated heterocycles. The van der Waals surface area contributed by atoms with E-state index in [9.17, 15) is 0 Å². The van der Waals surface area contributed by atoms with Crippen LogP contribution in [0.25, 0.3) is 10.2 Å². The number of nitrogens with zero attached hydrogens (tertiary/aromatic N) is 3. The lowest BCUT2D eigenvalue weighted by Crippen LogP contribution is -2.44. The molecule has 0 unspecified atom stereocenters. The monoisotopic (exact) mass is 293 g/mol. The largest absolute Gasteiger partial charge is 0.368 e. The summed E-state index contributed by atoms with van der Waals surface area (Å²) < 4.78 is 0. The first-order chi connectivity index (χ1) is 9.44. The molecule has 0 aliphatic carbocycles. The lowest BCUT2D eigenvalue weighted by atomic mass is 10.0. The maximum Gasteiger partial charge on any atom is 0.226 e. The Balaban J connectivity index is 2.26. The molecule has 0 fully saturated rings. The summed E-state index contributed by atoms with van der Waals surface area (Å²) in [5, 5.41) is 9.79. The summed E-state index contributed by atoms with van der Waals surface area (Å²) in [6.07, 6.45) is 0. The standard InChI is InChI=1S/C14H23N5S/c1-6-15-13-17-11(10-7-8-20-12(10)18-13)16-9-14(2,3)19(4)5/h7-8H,6,9H2,1-5H3,(H2,15,16,17,18). The van der Waals surface area contributed by atoms with Crippen molar-refractivity contribution >= 4 is 33.3 Å². The van der Waals surface area contributed by atoms with Crippen LogP contribution in [-0.4, -0.2) is 47.6 Å². The first kappa shape index (κ1) is 15.0. The number of aromatic nitrogens is 2. The van der Waals surface area contributed by atoms with Gasteiger partial charge in [0.1, 0.15) is 10.6 Å². The molecule has 2 heterocycles. The van der Waals surface area contributed by atoms with Gasteiger partial charge in [-0.25, -0.2) is 4.98 Å². The van der Waals surface area contributed by atoms with Gasteiger partial charge in [-0.1, -0.05) is 0 Å². The predicted molar refractivity (Wildman–Crippen MR) is 87.8 cm³/mol. The van der Waals surface area contributed by atoms with E-state index >= 15 is 0 Å². The molecule has 0 amide bonds. The van der Waals surface area contributed by atoms with E-state index in [0.717, 1.165) is 29.1 Å². The van der Waals surface area contributed by atoms with E-state index in [-0.39, 0.29) is 5.54 Å². The zero-order valence-electron chi connectivity index (χ0n) is 12.8. The van der Waals surface area contributed by atoms with Crippen LogP contribution in [0.15, 0.2) is 11.4 Å². The minimum Gasteiger partial charge on any atom is -0.368 e. The van der Waals surface area contributed by atoms with Crippen molar-refractivity contribution in [2.45, 2.75) is 26.3 Å². The number of rotatable bonds is 6. The Labute approximate surface area is 124 Å². The molecule has 20 heavy (non-hydrogen) atoms. The fourth-order valence-corrected chi connectivity index (χ4v) is 2.45. The van der Waals surface area contributed by atoms with Gasteiger partial charge in [0.15, 0.2) is 0 Å². The SMILES string of the molecule is CCNc1nc(NCC(C)(C)N(C)C)c2ccsc2n1. The lowest BCUT2D eigenvalue weighted by Gasteiger charge is -2.32. The molecule has 2 aromatic heterocycles. The second kappa shape index (κ2) is 5.93. The molecule has 6 heteroatoms. The quantitative estimate of drug-likeness (QED) is 0.857. The number of likely N-dealkylation sites (N-methyl/N-ethyl adjacent to an activating group) is 1. The van der Waals surface area contributed by atoms with Gasteiger partial charge in [-0.2, -0.15) is 4.98 Å². The van der Waals surface area contributed by atoms with Gasteiger partial charge in [-0.15, -0.1) is 11.3 Å². The molecule has 0 bridgehead atoms. The van der Waals surface area contributed by atoms with Gasteiger partial charge in [-0.05, 0) is 46.3 Å². The third kappa shape index (κ3) is 3.19. The minimum absolute atomic E-state index is 0.0612. The summed E-state index contributed by atoms with van der Waals surface area (Å²) in [7, 11) is 4.18. The third-order valence-corrected chi connectivity index (χ3v) is 4.37. The fourth-order valence-electron chi connectivity index (χ4n) is 1.69. The third-order valence-electron chi connectivity index (χ3n) is 3.56. The van der Waals surface area contributed by atoms with E-state index in [1.807, 2.05) is 6.92 Å². The Hall–Kier alpha value is -1.40. The topological polar surface area (TPSA) is 53.1 Å². The van der Waals surface area contributed by atoms with E-state index < -0.39 is 0 Å². The van der Waals surface area contributed by atoms with E-state index in [1.165, 1.54) is 0 Å². The molecule has 2 rings (SSSR count). The average molecular weight is 293 g/mol. The summed E-state index contributed by atoms with van der Waals surface area (Å²) in [5.74, 6) is 1.59. The Morgan fingerprint density at radius 2 is 2.00 bits per heavy atom. The lowest BCUT2D eigenvalue weighted by molar-refractivity contribution is 0.210. The molecule has 0 saturated carbocycles. The molecule has 0 aliphatic heterocycles. The molecule has 0 spiro atoms. The second-order valence-electron chi connectivity index (χ2n) is 5.63. The van der Waals surface area contributed by atoms with Crippen LogP contribution in [0.1, 0.15) is 20.8 Å². The zero-order chi connectivity index (χ0) is 14.8. The first-order valence-corrected chi connectivity index (χ1v) is 7.72. The molecular formula is C14H23N5S. The molecule has 2 N–H and O–H groups in total. The number of nitrogens with one attached hydrogen (secondary N) is 2. The van der Waals surface area contributed by atoms with Crippen LogP contribution < -0.4 is 10.6 Å². The maximum absolute atomic E-state index is 4.58. The summed E-state index contributed by atoms with van der Waals surface area (Å²) in [5.41, 5.74) is 0.0612. The Bertz CT molecular complexity index is 576. The van der Waals surface area contributed by atoms with Crippen LogP contribution in [0.5, 0.6) is 0 Å². The van der Waals surface area contributed by atoms with E-state index in [2.05, 4.69) is 64.9 Å². The van der Waals surface area contributed by atoms with Gasteiger partial charge in [0.25, 0.3) is 0 Å². The van der Waals surface area contributed by atoms with Crippen molar-refractivity contribution in [3.63, 3.8) is 0 Å². The van der Waals surface area contributed by atoms with E-state index in [1.54, 1.807) is 11.3 Å². The van der Waals surface area contributed by atoms with Crippen LogP contribution in [0.3, 0.4) is 0 Å². The van der Waals surface area contributed by atoms with Gasteiger partial charge >= 0.3 is 0 Å². The highest BCUT2D eigenvalue weighted by Crippen LogP contribution is 2.27. The van der Waals surface area contributed by atoms with Crippen molar-refractivity contribution in [1.29, 1.82) is 0 Å². The molecule has 0 aliphatic rings. The number of thiophene rings is 1. The Morgan fingerprint density at radius 3 is 2.65 bits per heavy atom. The number of hydrogen-bond donors (Lipinski definition) is 2.